The van der Waals surface area contributed by atoms with Crippen molar-refractivity contribution in [3.05, 3.63) is 48.5 Å². The molecule has 0 unspecified atom stereocenters. The molecule has 0 bridgehead atoms. The van der Waals surface area contributed by atoms with Gasteiger partial charge in [-0.05, 0) is 23.8 Å². The third-order valence-corrected chi connectivity index (χ3v) is 3.01. The summed E-state index contributed by atoms with van der Waals surface area (Å²) in [6, 6.07) is 13.8. The monoisotopic (exact) mass is 263 g/mol. The number of phenols is 1. The predicted molar refractivity (Wildman–Crippen MR) is 72.0 cm³/mol. The Morgan fingerprint density at radius 3 is 2.17 bits per heavy atom. The molecule has 0 fully saturated rings. The van der Waals surface area contributed by atoms with Crippen molar-refractivity contribution in [2.75, 3.05) is 11.0 Å². The third-order valence-electron chi connectivity index (χ3n) is 2.40. The first-order valence-corrected chi connectivity index (χ1v) is 7.21. The average Bonchev–Trinajstić information content (AvgIpc) is 2.29. The molecule has 0 aliphatic carbocycles. The van der Waals surface area contributed by atoms with Crippen molar-refractivity contribution < 1.29 is 13.5 Å². The van der Waals surface area contributed by atoms with Gasteiger partial charge in [0.15, 0.2) is 0 Å². The Labute approximate surface area is 106 Å². The summed E-state index contributed by atoms with van der Waals surface area (Å²) in [4.78, 5) is 0. The van der Waals surface area contributed by atoms with Crippen molar-refractivity contribution in [3.63, 3.8) is 0 Å². The number of anilines is 1. The van der Waals surface area contributed by atoms with E-state index in [1.54, 1.807) is 42.5 Å². The molecule has 2 aromatic rings. The van der Waals surface area contributed by atoms with Crippen LogP contribution in [0.15, 0.2) is 48.5 Å². The average molecular weight is 263 g/mol. The number of para-hydroxylation sites is 1. The molecule has 0 spiro atoms. The van der Waals surface area contributed by atoms with Crippen LogP contribution in [0, 0.1) is 0 Å². The molecule has 0 atom stereocenters. The van der Waals surface area contributed by atoms with Gasteiger partial charge < -0.3 is 5.11 Å². The molecule has 94 valence electrons. The molecule has 0 radical (unpaired) electrons. The molecule has 0 saturated heterocycles. The number of benzene rings is 2. The Morgan fingerprint density at radius 1 is 1.00 bits per heavy atom. The topological polar surface area (TPSA) is 66.4 Å². The highest BCUT2D eigenvalue weighted by atomic mass is 32.2. The van der Waals surface area contributed by atoms with E-state index in [0.717, 1.165) is 11.8 Å². The molecule has 0 saturated carbocycles. The summed E-state index contributed by atoms with van der Waals surface area (Å²) in [6.07, 6.45) is 1.10. The van der Waals surface area contributed by atoms with E-state index in [4.69, 9.17) is 0 Å². The lowest BCUT2D eigenvalue weighted by atomic mass is 10.0. The summed E-state index contributed by atoms with van der Waals surface area (Å²) < 4.78 is 24.5. The molecule has 0 aromatic heterocycles. The number of sulfonamides is 1. The minimum Gasteiger partial charge on any atom is -0.507 e. The van der Waals surface area contributed by atoms with E-state index in [2.05, 4.69) is 4.72 Å². The van der Waals surface area contributed by atoms with Gasteiger partial charge in [0.25, 0.3) is 0 Å². The summed E-state index contributed by atoms with van der Waals surface area (Å²) in [7, 11) is -3.26. The molecule has 0 amide bonds. The SMILES string of the molecule is CS(=O)(=O)Nc1ccc(-c2ccccc2O)cc1. The number of hydrogen-bond donors (Lipinski definition) is 2. The summed E-state index contributed by atoms with van der Waals surface area (Å²) in [5.74, 6) is 0.196. The molecular weight excluding hydrogens is 250 g/mol. The standard InChI is InChI=1S/C13H13NO3S/c1-18(16,17)14-11-8-6-10(7-9-11)12-4-2-3-5-13(12)15/h2-9,14-15H,1H3. The van der Waals surface area contributed by atoms with Crippen molar-refractivity contribution in [1.29, 1.82) is 0 Å². The van der Waals surface area contributed by atoms with Gasteiger partial charge in [-0.3, -0.25) is 4.72 Å². The normalized spacial score (nSPS) is 11.2. The minimum absolute atomic E-state index is 0.196. The first-order valence-electron chi connectivity index (χ1n) is 5.32. The maximum atomic E-state index is 11.1. The summed E-state index contributed by atoms with van der Waals surface area (Å²) in [5.41, 5.74) is 2.03. The van der Waals surface area contributed by atoms with Gasteiger partial charge >= 0.3 is 0 Å². The highest BCUT2D eigenvalue weighted by Crippen LogP contribution is 2.29. The van der Waals surface area contributed by atoms with Crippen molar-refractivity contribution in [2.24, 2.45) is 0 Å². The molecule has 0 aliphatic rings. The molecule has 5 heteroatoms. The fraction of sp³-hybridized carbons (Fsp3) is 0.0769. The highest BCUT2D eigenvalue weighted by Gasteiger charge is 2.04. The molecule has 18 heavy (non-hydrogen) atoms. The second kappa shape index (κ2) is 4.70. The molecule has 0 aliphatic heterocycles. The number of hydrogen-bond acceptors (Lipinski definition) is 3. The van der Waals surface area contributed by atoms with E-state index >= 15 is 0 Å². The smallest absolute Gasteiger partial charge is 0.229 e. The third kappa shape index (κ3) is 3.01. The largest absolute Gasteiger partial charge is 0.507 e. The fourth-order valence-corrected chi connectivity index (χ4v) is 2.21. The first kappa shape index (κ1) is 12.4. The zero-order valence-corrected chi connectivity index (χ0v) is 10.6. The Kier molecular flexibility index (Phi) is 3.25. The molecule has 2 aromatic carbocycles. The van der Waals surface area contributed by atoms with Gasteiger partial charge in [-0.1, -0.05) is 30.3 Å². The van der Waals surface area contributed by atoms with Crippen molar-refractivity contribution in [3.8, 4) is 16.9 Å². The molecule has 0 heterocycles. The molecule has 2 rings (SSSR count). The summed E-state index contributed by atoms with van der Waals surface area (Å²) in [5, 5.41) is 9.71. The molecule has 4 nitrogen and oxygen atoms in total. The van der Waals surface area contributed by atoms with E-state index in [9.17, 15) is 13.5 Å². The Bertz CT molecular complexity index is 648. The van der Waals surface area contributed by atoms with Gasteiger partial charge in [-0.2, -0.15) is 0 Å². The van der Waals surface area contributed by atoms with Gasteiger partial charge in [0.05, 0.1) is 6.26 Å². The van der Waals surface area contributed by atoms with E-state index in [1.807, 2.05) is 6.07 Å². The second-order valence-electron chi connectivity index (χ2n) is 3.97. The Morgan fingerprint density at radius 2 is 1.61 bits per heavy atom. The maximum absolute atomic E-state index is 11.1. The quantitative estimate of drug-likeness (QED) is 0.893. The second-order valence-corrected chi connectivity index (χ2v) is 5.72. The van der Waals surface area contributed by atoms with Crippen molar-refractivity contribution in [1.82, 2.24) is 0 Å². The Hall–Kier alpha value is -2.01. The lowest BCUT2D eigenvalue weighted by Crippen LogP contribution is -2.09. The van der Waals surface area contributed by atoms with Crippen LogP contribution in [0.2, 0.25) is 0 Å². The Balaban J connectivity index is 2.31. The lowest BCUT2D eigenvalue weighted by Gasteiger charge is -2.07. The van der Waals surface area contributed by atoms with Crippen LogP contribution in [-0.2, 0) is 10.0 Å². The van der Waals surface area contributed by atoms with Gasteiger partial charge in [0.2, 0.25) is 10.0 Å². The number of aromatic hydroxyl groups is 1. The van der Waals surface area contributed by atoms with Gasteiger partial charge in [0, 0.05) is 11.3 Å². The number of phenolic OH excluding ortho intramolecular Hbond substituents is 1. The maximum Gasteiger partial charge on any atom is 0.229 e. The lowest BCUT2D eigenvalue weighted by molar-refractivity contribution is 0.477. The van der Waals surface area contributed by atoms with Crippen LogP contribution in [0.25, 0.3) is 11.1 Å². The van der Waals surface area contributed by atoms with Gasteiger partial charge in [-0.15, -0.1) is 0 Å². The van der Waals surface area contributed by atoms with E-state index in [0.29, 0.717) is 11.3 Å². The van der Waals surface area contributed by atoms with E-state index in [1.165, 1.54) is 0 Å². The van der Waals surface area contributed by atoms with Gasteiger partial charge in [-0.25, -0.2) is 8.42 Å². The predicted octanol–water partition coefficient (Wildman–Crippen LogP) is 2.43. The van der Waals surface area contributed by atoms with Crippen LogP contribution in [0.3, 0.4) is 0 Å². The zero-order valence-electron chi connectivity index (χ0n) is 9.79. The van der Waals surface area contributed by atoms with Crippen LogP contribution in [-0.4, -0.2) is 19.8 Å². The summed E-state index contributed by atoms with van der Waals surface area (Å²) in [6.45, 7) is 0. The van der Waals surface area contributed by atoms with Crippen LogP contribution < -0.4 is 4.72 Å². The van der Waals surface area contributed by atoms with E-state index in [-0.39, 0.29) is 5.75 Å². The summed E-state index contributed by atoms with van der Waals surface area (Å²) >= 11 is 0. The van der Waals surface area contributed by atoms with Crippen LogP contribution in [0.1, 0.15) is 0 Å². The first-order chi connectivity index (χ1) is 8.46. The molecular formula is C13H13NO3S. The highest BCUT2D eigenvalue weighted by molar-refractivity contribution is 7.92. The zero-order chi connectivity index (χ0) is 13.2. The van der Waals surface area contributed by atoms with Crippen molar-refractivity contribution >= 4 is 15.7 Å². The van der Waals surface area contributed by atoms with E-state index < -0.39 is 10.0 Å². The van der Waals surface area contributed by atoms with Crippen LogP contribution >= 0.6 is 0 Å². The van der Waals surface area contributed by atoms with Crippen LogP contribution in [0.4, 0.5) is 5.69 Å². The van der Waals surface area contributed by atoms with Gasteiger partial charge in [0.1, 0.15) is 5.75 Å². The number of nitrogens with one attached hydrogen (secondary N) is 1. The minimum atomic E-state index is -3.26. The fourth-order valence-electron chi connectivity index (χ4n) is 1.65. The van der Waals surface area contributed by atoms with Crippen molar-refractivity contribution in [2.45, 2.75) is 0 Å². The van der Waals surface area contributed by atoms with Crippen LogP contribution in [0.5, 0.6) is 5.75 Å². The molecule has 2 N–H and O–H groups in total. The number of rotatable bonds is 3.